The second kappa shape index (κ2) is 7.57. The van der Waals surface area contributed by atoms with E-state index < -0.39 is 12.2 Å². The Bertz CT molecular complexity index is 715. The van der Waals surface area contributed by atoms with Crippen molar-refractivity contribution in [1.29, 1.82) is 0 Å². The van der Waals surface area contributed by atoms with Crippen LogP contribution in [0.5, 0.6) is 0 Å². The Morgan fingerprint density at radius 2 is 2.18 bits per heavy atom. The van der Waals surface area contributed by atoms with Crippen LogP contribution in [0.3, 0.4) is 0 Å². The number of alkyl halides is 3. The molecular weight excluding hydrogens is 373 g/mol. The Kier molecular flexibility index (Phi) is 5.28. The fourth-order valence-electron chi connectivity index (χ4n) is 4.61. The maximum atomic E-state index is 13.5. The van der Waals surface area contributed by atoms with Crippen molar-refractivity contribution < 1.29 is 22.7 Å². The van der Waals surface area contributed by atoms with Crippen molar-refractivity contribution in [2.75, 3.05) is 18.5 Å². The number of rotatable bonds is 4. The van der Waals surface area contributed by atoms with Gasteiger partial charge in [-0.3, -0.25) is 4.79 Å². The van der Waals surface area contributed by atoms with Crippen LogP contribution in [0.15, 0.2) is 6.07 Å². The maximum absolute atomic E-state index is 13.5. The molecule has 3 aliphatic rings. The van der Waals surface area contributed by atoms with Crippen LogP contribution in [0.1, 0.15) is 69.6 Å². The fourth-order valence-corrected chi connectivity index (χ4v) is 4.61. The summed E-state index contributed by atoms with van der Waals surface area (Å²) < 4.78 is 47.0. The lowest BCUT2D eigenvalue weighted by molar-refractivity contribution is -0.173. The van der Waals surface area contributed by atoms with Crippen molar-refractivity contribution in [2.24, 2.45) is 0 Å². The van der Waals surface area contributed by atoms with Crippen molar-refractivity contribution >= 4 is 11.7 Å². The quantitative estimate of drug-likeness (QED) is 0.835. The van der Waals surface area contributed by atoms with Crippen LogP contribution in [-0.2, 0) is 9.53 Å². The third-order valence-corrected chi connectivity index (χ3v) is 6.02. The molecule has 0 aromatic carbocycles. The van der Waals surface area contributed by atoms with Crippen LogP contribution in [-0.4, -0.2) is 52.1 Å². The predicted molar refractivity (Wildman–Crippen MR) is 96.9 cm³/mol. The van der Waals surface area contributed by atoms with Crippen LogP contribution < -0.4 is 5.32 Å². The van der Waals surface area contributed by atoms with E-state index in [0.717, 1.165) is 37.0 Å². The Balaban J connectivity index is 1.49. The van der Waals surface area contributed by atoms with Crippen molar-refractivity contribution in [1.82, 2.24) is 14.7 Å². The number of amides is 1. The molecule has 0 saturated carbocycles. The largest absolute Gasteiger partial charge is 0.410 e. The molecule has 1 aromatic rings. The number of likely N-dealkylation sites (tertiary alicyclic amines) is 1. The average Bonchev–Trinajstić information content (AvgIpc) is 3.36. The molecule has 0 radical (unpaired) electrons. The van der Waals surface area contributed by atoms with Crippen LogP contribution in [0.2, 0.25) is 0 Å². The molecule has 3 aliphatic heterocycles. The summed E-state index contributed by atoms with van der Waals surface area (Å²) in [6, 6.07) is -0.472. The number of ether oxygens (including phenoxy) is 1. The topological polar surface area (TPSA) is 59.4 Å². The third kappa shape index (κ3) is 3.86. The minimum absolute atomic E-state index is 0.0395. The Labute approximate surface area is 162 Å². The highest BCUT2D eigenvalue weighted by Crippen LogP contribution is 2.41. The first-order chi connectivity index (χ1) is 13.3. The van der Waals surface area contributed by atoms with Crippen molar-refractivity contribution in [3.63, 3.8) is 0 Å². The molecule has 2 fully saturated rings. The van der Waals surface area contributed by atoms with E-state index in [2.05, 4.69) is 10.4 Å². The molecule has 9 heteroatoms. The first-order valence-corrected chi connectivity index (χ1v) is 10.2. The van der Waals surface area contributed by atoms with Gasteiger partial charge >= 0.3 is 6.18 Å². The molecule has 4 rings (SSSR count). The van der Waals surface area contributed by atoms with Crippen molar-refractivity contribution in [3.8, 4) is 0 Å². The Morgan fingerprint density at radius 1 is 1.36 bits per heavy atom. The summed E-state index contributed by atoms with van der Waals surface area (Å²) in [4.78, 5) is 14.5. The van der Waals surface area contributed by atoms with Gasteiger partial charge in [0.15, 0.2) is 6.04 Å². The molecule has 0 bridgehead atoms. The van der Waals surface area contributed by atoms with E-state index in [4.69, 9.17) is 4.74 Å². The third-order valence-electron chi connectivity index (χ3n) is 6.02. The first kappa shape index (κ1) is 19.5. The maximum Gasteiger partial charge on any atom is 0.410 e. The minimum Gasteiger partial charge on any atom is -0.378 e. The van der Waals surface area contributed by atoms with Crippen LogP contribution >= 0.6 is 0 Å². The van der Waals surface area contributed by atoms with Crippen LogP contribution in [0.25, 0.3) is 0 Å². The number of aromatic nitrogens is 2. The lowest BCUT2D eigenvalue weighted by Crippen LogP contribution is -2.38. The molecule has 156 valence electrons. The number of fused-ring (bicyclic) bond motifs is 1. The van der Waals surface area contributed by atoms with Crippen molar-refractivity contribution in [3.05, 3.63) is 11.8 Å². The summed E-state index contributed by atoms with van der Waals surface area (Å²) >= 11 is 0. The molecule has 1 aromatic heterocycles. The molecule has 2 saturated heterocycles. The van der Waals surface area contributed by atoms with E-state index in [0.29, 0.717) is 30.9 Å². The molecule has 2 unspecified atom stereocenters. The number of carbonyl (C=O) groups excluding carboxylic acids is 1. The first-order valence-electron chi connectivity index (χ1n) is 10.2. The molecule has 4 heterocycles. The van der Waals surface area contributed by atoms with Gasteiger partial charge in [-0.1, -0.05) is 0 Å². The summed E-state index contributed by atoms with van der Waals surface area (Å²) in [5.41, 5.74) is 0.550. The highest BCUT2D eigenvalue weighted by atomic mass is 19.4. The highest BCUT2D eigenvalue weighted by Gasteiger charge is 2.46. The molecule has 6 nitrogen and oxygen atoms in total. The number of hydrogen-bond donors (Lipinski definition) is 1. The monoisotopic (exact) mass is 400 g/mol. The van der Waals surface area contributed by atoms with E-state index in [1.807, 2.05) is 0 Å². The number of nitrogens with one attached hydrogen (secondary N) is 1. The molecule has 1 N–H and O–H groups in total. The molecule has 4 atom stereocenters. The van der Waals surface area contributed by atoms with Crippen molar-refractivity contribution in [2.45, 2.75) is 82.3 Å². The second-order valence-electron chi connectivity index (χ2n) is 8.16. The van der Waals surface area contributed by atoms with Gasteiger partial charge in [0.05, 0.1) is 17.8 Å². The summed E-state index contributed by atoms with van der Waals surface area (Å²) in [6.45, 7) is 3.13. The highest BCUT2D eigenvalue weighted by molar-refractivity contribution is 5.77. The van der Waals surface area contributed by atoms with Gasteiger partial charge in [0.1, 0.15) is 5.82 Å². The zero-order valence-corrected chi connectivity index (χ0v) is 16.0. The van der Waals surface area contributed by atoms with E-state index >= 15 is 0 Å². The van der Waals surface area contributed by atoms with E-state index in [9.17, 15) is 18.0 Å². The van der Waals surface area contributed by atoms with Gasteiger partial charge in [-0.2, -0.15) is 18.3 Å². The fraction of sp³-hybridized carbons (Fsp3) is 0.789. The SMILES string of the molecule is C[C@@H]1C[C@H](C(F)(F)F)n2nc(C3CCCN3C(=O)CCC3CCCO3)cc2N1. The van der Waals surface area contributed by atoms with Gasteiger partial charge in [-0.05, 0) is 45.4 Å². The summed E-state index contributed by atoms with van der Waals surface area (Å²) in [5.74, 6) is 0.424. The average molecular weight is 400 g/mol. The predicted octanol–water partition coefficient (Wildman–Crippen LogP) is 3.81. The lowest BCUT2D eigenvalue weighted by Gasteiger charge is -2.31. The van der Waals surface area contributed by atoms with Crippen LogP contribution in [0.4, 0.5) is 19.0 Å². The van der Waals surface area contributed by atoms with Gasteiger partial charge in [0, 0.05) is 31.7 Å². The molecule has 1 amide bonds. The standard InChI is InChI=1S/C19H27F3N4O2/c1-12-10-16(19(20,21)22)26-17(23-12)11-14(24-26)15-5-2-8-25(15)18(27)7-6-13-4-3-9-28-13/h11-13,15-16,23H,2-10H2,1H3/t12-,13?,15?,16-/m1/s1. The lowest BCUT2D eigenvalue weighted by atomic mass is 10.1. The van der Waals surface area contributed by atoms with Gasteiger partial charge in [0.25, 0.3) is 0 Å². The Morgan fingerprint density at radius 3 is 2.89 bits per heavy atom. The molecular formula is C19H27F3N4O2. The number of nitrogens with zero attached hydrogens (tertiary/aromatic N) is 3. The smallest absolute Gasteiger partial charge is 0.378 e. The zero-order valence-electron chi connectivity index (χ0n) is 16.0. The van der Waals surface area contributed by atoms with E-state index in [-0.39, 0.29) is 30.5 Å². The number of carbonyl (C=O) groups is 1. The summed E-state index contributed by atoms with van der Waals surface area (Å²) in [7, 11) is 0. The zero-order chi connectivity index (χ0) is 19.9. The Hall–Kier alpha value is -1.77. The van der Waals surface area contributed by atoms with Crippen LogP contribution in [0, 0.1) is 0 Å². The van der Waals surface area contributed by atoms with Gasteiger partial charge in [-0.25, -0.2) is 4.68 Å². The number of hydrogen-bond acceptors (Lipinski definition) is 4. The molecule has 0 spiro atoms. The number of halogens is 3. The van der Waals surface area contributed by atoms with E-state index in [1.165, 1.54) is 0 Å². The van der Waals surface area contributed by atoms with Gasteiger partial charge in [0.2, 0.25) is 5.91 Å². The van der Waals surface area contributed by atoms with E-state index in [1.54, 1.807) is 17.9 Å². The summed E-state index contributed by atoms with van der Waals surface area (Å²) in [5, 5.41) is 7.39. The normalized spacial score (nSPS) is 30.4. The minimum atomic E-state index is -4.35. The molecule has 0 aliphatic carbocycles. The van der Waals surface area contributed by atoms with Gasteiger partial charge < -0.3 is 15.0 Å². The summed E-state index contributed by atoms with van der Waals surface area (Å²) in [6.07, 6.45) is 0.478. The van der Waals surface area contributed by atoms with Gasteiger partial charge in [-0.15, -0.1) is 0 Å². The number of anilines is 1. The molecule has 28 heavy (non-hydrogen) atoms. The second-order valence-corrected chi connectivity index (χ2v) is 8.16.